The fraction of sp³-hybridized carbons (Fsp3) is 0. The van der Waals surface area contributed by atoms with Crippen molar-refractivity contribution in [2.75, 3.05) is 0 Å². The maximum absolute atomic E-state index is 7.08. The van der Waals surface area contributed by atoms with Crippen LogP contribution >= 0.6 is 11.3 Å². The third kappa shape index (κ3) is 3.45. The molecule has 0 saturated heterocycles. The van der Waals surface area contributed by atoms with E-state index in [9.17, 15) is 0 Å². The second-order valence-corrected chi connectivity index (χ2v) is 16.9. The topological polar surface area (TPSA) is 14.2 Å². The largest absolute Gasteiger partial charge is 0.457 e. The fourth-order valence-electron chi connectivity index (χ4n) is 7.85. The van der Waals surface area contributed by atoms with Gasteiger partial charge < -0.3 is 9.30 Å². The summed E-state index contributed by atoms with van der Waals surface area (Å²) in [5, 5.41) is 10.3. The molecule has 9 aromatic rings. The predicted molar refractivity (Wildman–Crippen MR) is 197 cm³/mol. The Kier molecular flexibility index (Phi) is 5.50. The Morgan fingerprint density at radius 1 is 0.478 bits per heavy atom. The van der Waals surface area contributed by atoms with Crippen LogP contribution in [-0.2, 0) is 0 Å². The SMILES string of the molecule is c1ccc([Si]2(c3ccccc3)c3ccccc3Oc3c2ccc2c3c3ccccc3n2-c2ccc3sc4ccccc4c3c2)cc1. The van der Waals surface area contributed by atoms with Crippen molar-refractivity contribution in [2.24, 2.45) is 0 Å². The van der Waals surface area contributed by atoms with Crippen LogP contribution in [0.2, 0.25) is 0 Å². The number of para-hydroxylation sites is 2. The zero-order valence-corrected chi connectivity index (χ0v) is 26.7. The zero-order chi connectivity index (χ0) is 30.2. The van der Waals surface area contributed by atoms with Crippen LogP contribution in [0, 0.1) is 0 Å². The summed E-state index contributed by atoms with van der Waals surface area (Å²) in [6.07, 6.45) is 0. The van der Waals surface area contributed by atoms with E-state index in [0.717, 1.165) is 22.7 Å². The van der Waals surface area contributed by atoms with Crippen LogP contribution in [0.1, 0.15) is 0 Å². The van der Waals surface area contributed by atoms with Crippen molar-refractivity contribution in [1.29, 1.82) is 0 Å². The molecule has 2 nitrogen and oxygen atoms in total. The van der Waals surface area contributed by atoms with Gasteiger partial charge in [0.25, 0.3) is 0 Å². The second kappa shape index (κ2) is 9.79. The lowest BCUT2D eigenvalue weighted by Crippen LogP contribution is -2.76. The number of nitrogens with zero attached hydrogens (tertiary/aromatic N) is 1. The van der Waals surface area contributed by atoms with Gasteiger partial charge >= 0.3 is 0 Å². The number of fused-ring (bicyclic) bond motifs is 9. The molecule has 0 N–H and O–H groups in total. The first-order chi connectivity index (χ1) is 22.8. The van der Waals surface area contributed by atoms with Crippen LogP contribution in [0.4, 0.5) is 0 Å². The van der Waals surface area contributed by atoms with Crippen molar-refractivity contribution in [3.8, 4) is 17.2 Å². The summed E-state index contributed by atoms with van der Waals surface area (Å²) in [6, 6.07) is 60.1. The lowest BCUT2D eigenvalue weighted by atomic mass is 10.1. The number of rotatable bonds is 3. The Labute approximate surface area is 271 Å². The van der Waals surface area contributed by atoms with Crippen LogP contribution in [0.15, 0.2) is 164 Å². The monoisotopic (exact) mass is 621 g/mol. The summed E-state index contributed by atoms with van der Waals surface area (Å²) < 4.78 is 12.1. The number of thiophene rings is 1. The Morgan fingerprint density at radius 2 is 1.13 bits per heavy atom. The van der Waals surface area contributed by atoms with Gasteiger partial charge in [-0.15, -0.1) is 11.3 Å². The Balaban J connectivity index is 1.34. The standard InChI is InChI=1S/C42H27NOSSi/c1-3-13-29(14-4-1)46(30-15-5-2-6-16-30)39-22-12-10-20-36(39)44-42-40(46)26-24-35-41(42)32-18-7-9-19-34(32)43(35)28-23-25-38-33(27-28)31-17-8-11-21-37(31)45-38/h1-27H. The van der Waals surface area contributed by atoms with Crippen LogP contribution < -0.4 is 25.5 Å². The fourth-order valence-corrected chi connectivity index (χ4v) is 13.9. The van der Waals surface area contributed by atoms with Gasteiger partial charge in [-0.05, 0) is 63.2 Å². The van der Waals surface area contributed by atoms with Crippen LogP contribution in [0.25, 0.3) is 47.7 Å². The van der Waals surface area contributed by atoms with E-state index in [2.05, 4.69) is 168 Å². The molecule has 0 bridgehead atoms. The van der Waals surface area contributed by atoms with Crippen LogP contribution in [0.5, 0.6) is 11.5 Å². The van der Waals surface area contributed by atoms with Crippen molar-refractivity contribution in [2.45, 2.75) is 0 Å². The highest BCUT2D eigenvalue weighted by Gasteiger charge is 2.48. The molecule has 7 aromatic carbocycles. The zero-order valence-electron chi connectivity index (χ0n) is 24.9. The highest BCUT2D eigenvalue weighted by Crippen LogP contribution is 2.42. The molecule has 1 aliphatic rings. The molecular formula is C42H27NOSSi. The first-order valence-electron chi connectivity index (χ1n) is 15.7. The molecular weight excluding hydrogens is 595 g/mol. The number of benzene rings is 7. The average molecular weight is 622 g/mol. The minimum atomic E-state index is -2.74. The molecule has 10 rings (SSSR count). The molecule has 0 amide bonds. The molecule has 0 fully saturated rings. The van der Waals surface area contributed by atoms with Gasteiger partial charge in [0.05, 0.1) is 16.4 Å². The van der Waals surface area contributed by atoms with E-state index < -0.39 is 8.07 Å². The van der Waals surface area contributed by atoms with E-state index in [1.807, 2.05) is 11.3 Å². The molecule has 2 aromatic heterocycles. The molecule has 0 unspecified atom stereocenters. The van der Waals surface area contributed by atoms with E-state index in [0.29, 0.717) is 0 Å². The third-order valence-corrected chi connectivity index (χ3v) is 15.7. The van der Waals surface area contributed by atoms with E-state index in [-0.39, 0.29) is 0 Å². The smallest absolute Gasteiger partial charge is 0.188 e. The van der Waals surface area contributed by atoms with Crippen LogP contribution in [-0.4, -0.2) is 12.6 Å². The lowest BCUT2D eigenvalue weighted by Gasteiger charge is -2.39. The molecule has 0 aliphatic carbocycles. The molecule has 0 radical (unpaired) electrons. The Hall–Kier alpha value is -5.42. The van der Waals surface area contributed by atoms with Crippen molar-refractivity contribution in [3.63, 3.8) is 0 Å². The minimum Gasteiger partial charge on any atom is -0.457 e. The van der Waals surface area contributed by atoms with Gasteiger partial charge in [0.1, 0.15) is 11.5 Å². The van der Waals surface area contributed by atoms with Gasteiger partial charge in [-0.1, -0.05) is 121 Å². The highest BCUT2D eigenvalue weighted by atomic mass is 32.1. The van der Waals surface area contributed by atoms with Crippen molar-refractivity contribution < 1.29 is 4.74 Å². The van der Waals surface area contributed by atoms with Gasteiger partial charge in [-0.25, -0.2) is 0 Å². The molecule has 1 aliphatic heterocycles. The first-order valence-corrected chi connectivity index (χ1v) is 18.5. The van der Waals surface area contributed by atoms with Gasteiger partial charge in [-0.3, -0.25) is 0 Å². The van der Waals surface area contributed by atoms with E-state index in [4.69, 9.17) is 4.74 Å². The van der Waals surface area contributed by atoms with Gasteiger partial charge in [0.2, 0.25) is 0 Å². The van der Waals surface area contributed by atoms with E-state index in [1.54, 1.807) is 0 Å². The molecule has 3 heterocycles. The van der Waals surface area contributed by atoms with Crippen molar-refractivity contribution in [1.82, 2.24) is 4.57 Å². The van der Waals surface area contributed by atoms with Crippen molar-refractivity contribution >= 4 is 82.1 Å². The molecule has 216 valence electrons. The van der Waals surface area contributed by atoms with Gasteiger partial charge in [-0.2, -0.15) is 0 Å². The van der Waals surface area contributed by atoms with Gasteiger partial charge in [0, 0.05) is 31.2 Å². The summed E-state index contributed by atoms with van der Waals surface area (Å²) in [5.74, 6) is 1.93. The summed E-state index contributed by atoms with van der Waals surface area (Å²) in [5.41, 5.74) is 3.49. The third-order valence-electron chi connectivity index (χ3n) is 9.73. The van der Waals surface area contributed by atoms with E-state index >= 15 is 0 Å². The maximum Gasteiger partial charge on any atom is 0.188 e. The lowest BCUT2D eigenvalue weighted by molar-refractivity contribution is 0.493. The number of hydrogen-bond donors (Lipinski definition) is 0. The molecule has 0 atom stereocenters. The second-order valence-electron chi connectivity index (χ2n) is 12.0. The Bertz CT molecular complexity index is 2580. The summed E-state index contributed by atoms with van der Waals surface area (Å²) >= 11 is 1.86. The van der Waals surface area contributed by atoms with Gasteiger partial charge in [0.15, 0.2) is 8.07 Å². The van der Waals surface area contributed by atoms with Crippen molar-refractivity contribution in [3.05, 3.63) is 164 Å². The normalized spacial score (nSPS) is 13.6. The number of hydrogen-bond acceptors (Lipinski definition) is 2. The molecule has 46 heavy (non-hydrogen) atoms. The minimum absolute atomic E-state index is 0.949. The Morgan fingerprint density at radius 3 is 1.93 bits per heavy atom. The number of aromatic nitrogens is 1. The summed E-state index contributed by atoms with van der Waals surface area (Å²) in [4.78, 5) is 0. The maximum atomic E-state index is 7.08. The quantitative estimate of drug-likeness (QED) is 0.180. The summed E-state index contributed by atoms with van der Waals surface area (Å²) in [7, 11) is -2.74. The highest BCUT2D eigenvalue weighted by molar-refractivity contribution is 7.25. The first kappa shape index (κ1) is 25.9. The van der Waals surface area contributed by atoms with E-state index in [1.165, 1.54) is 57.2 Å². The molecule has 0 spiro atoms. The predicted octanol–water partition coefficient (Wildman–Crippen LogP) is 8.63. The molecule has 0 saturated carbocycles. The number of ether oxygens (including phenoxy) is 1. The summed E-state index contributed by atoms with van der Waals surface area (Å²) in [6.45, 7) is 0. The average Bonchev–Trinajstić information content (AvgIpc) is 3.67. The molecule has 4 heteroatoms. The van der Waals surface area contributed by atoms with Crippen LogP contribution in [0.3, 0.4) is 0 Å².